The molecule has 0 aromatic heterocycles. The van der Waals surface area contributed by atoms with Crippen molar-refractivity contribution in [2.24, 2.45) is 23.7 Å². The predicted molar refractivity (Wildman–Crippen MR) is 108 cm³/mol. The van der Waals surface area contributed by atoms with E-state index in [-0.39, 0.29) is 23.9 Å². The van der Waals surface area contributed by atoms with Crippen LogP contribution in [0.4, 0.5) is 0 Å². The molecule has 28 heavy (non-hydrogen) atoms. The lowest BCUT2D eigenvalue weighted by Crippen LogP contribution is -2.83. The van der Waals surface area contributed by atoms with Gasteiger partial charge in [-0.1, -0.05) is 59.3 Å². The maximum Gasteiger partial charge on any atom is 0.185 e. The van der Waals surface area contributed by atoms with Crippen LogP contribution in [0.1, 0.15) is 68.2 Å². The third kappa shape index (κ3) is 2.85. The minimum Gasteiger partial charge on any atom is -0.388 e. The van der Waals surface area contributed by atoms with Gasteiger partial charge >= 0.3 is 0 Å². The van der Waals surface area contributed by atoms with Crippen LogP contribution >= 0.6 is 0 Å². The molecule has 0 aromatic rings. The van der Waals surface area contributed by atoms with Crippen molar-refractivity contribution in [3.05, 3.63) is 23.3 Å². The van der Waals surface area contributed by atoms with Gasteiger partial charge in [-0.15, -0.1) is 0 Å². The van der Waals surface area contributed by atoms with Gasteiger partial charge in [-0.3, -0.25) is 0 Å². The summed E-state index contributed by atoms with van der Waals surface area (Å²) >= 11 is 0. The van der Waals surface area contributed by atoms with Crippen molar-refractivity contribution in [1.82, 2.24) is 0 Å². The van der Waals surface area contributed by atoms with Crippen LogP contribution in [-0.4, -0.2) is 39.8 Å². The smallest absolute Gasteiger partial charge is 0.185 e. The highest BCUT2D eigenvalue weighted by atomic mass is 16.9. The standard InChI is InChI=1S/C23H38O5/c1-9-11-13(3)12-14(4)19(24)15(5)23-18(8)22(25)17(7)20(26-23)16(6)21(10-2,27-22)28-23/h11-12,15-20,24-25H,9-10H2,1-8H3/b13-11+,14-12+/t15?,16?,17-,18?,19?,20?,21?,22?,23?/m1/s1. The van der Waals surface area contributed by atoms with Gasteiger partial charge in [0, 0.05) is 17.8 Å². The van der Waals surface area contributed by atoms with Gasteiger partial charge in [0.25, 0.3) is 0 Å². The Kier molecular flexibility index (Phi) is 5.66. The highest BCUT2D eigenvalue weighted by Crippen LogP contribution is 2.64. The van der Waals surface area contributed by atoms with Crippen molar-refractivity contribution in [3.8, 4) is 0 Å². The summed E-state index contributed by atoms with van der Waals surface area (Å²) in [6, 6.07) is 0. The molecular weight excluding hydrogens is 356 g/mol. The van der Waals surface area contributed by atoms with Crippen LogP contribution in [0.3, 0.4) is 0 Å². The van der Waals surface area contributed by atoms with E-state index in [9.17, 15) is 10.2 Å². The Morgan fingerprint density at radius 2 is 1.75 bits per heavy atom. The van der Waals surface area contributed by atoms with Crippen molar-refractivity contribution in [3.63, 3.8) is 0 Å². The normalized spacial score (nSPS) is 48.1. The van der Waals surface area contributed by atoms with Crippen molar-refractivity contribution in [2.45, 2.75) is 97.8 Å². The zero-order chi connectivity index (χ0) is 21.1. The SMILES string of the molecule is CC/C=C(C)/C=C(\C)C(O)C(C)C12OC3C(C)C(CC)(O1)OC(O)(C2C)[C@@H]3C. The van der Waals surface area contributed by atoms with E-state index < -0.39 is 29.4 Å². The number of ether oxygens (including phenoxy) is 3. The number of aliphatic hydroxyl groups is 2. The summed E-state index contributed by atoms with van der Waals surface area (Å²) in [7, 11) is 0. The Labute approximate surface area is 169 Å². The molecule has 5 nitrogen and oxygen atoms in total. The Morgan fingerprint density at radius 1 is 1.11 bits per heavy atom. The molecular formula is C23H38O5. The van der Waals surface area contributed by atoms with Gasteiger partial charge in [0.15, 0.2) is 17.4 Å². The zero-order valence-corrected chi connectivity index (χ0v) is 18.7. The monoisotopic (exact) mass is 394 g/mol. The third-order valence-corrected chi connectivity index (χ3v) is 7.59. The first kappa shape index (κ1) is 22.0. The van der Waals surface area contributed by atoms with E-state index >= 15 is 0 Å². The van der Waals surface area contributed by atoms with Gasteiger partial charge < -0.3 is 24.4 Å². The number of rotatable bonds is 6. The van der Waals surface area contributed by atoms with Gasteiger partial charge in [0.1, 0.15) is 0 Å². The average Bonchev–Trinajstić information content (AvgIpc) is 2.65. The van der Waals surface area contributed by atoms with Crippen molar-refractivity contribution in [2.75, 3.05) is 0 Å². The first-order chi connectivity index (χ1) is 13.0. The van der Waals surface area contributed by atoms with Crippen molar-refractivity contribution in [1.29, 1.82) is 0 Å². The lowest BCUT2D eigenvalue weighted by Gasteiger charge is -2.72. The minimum absolute atomic E-state index is 0.00381. The van der Waals surface area contributed by atoms with Crippen LogP contribution in [0.15, 0.2) is 23.3 Å². The van der Waals surface area contributed by atoms with Crippen LogP contribution < -0.4 is 0 Å². The lowest BCUT2D eigenvalue weighted by molar-refractivity contribution is -0.593. The fraction of sp³-hybridized carbons (Fsp3) is 0.826. The fourth-order valence-corrected chi connectivity index (χ4v) is 5.67. The highest BCUT2D eigenvalue weighted by Gasteiger charge is 2.76. The molecule has 4 aliphatic heterocycles. The van der Waals surface area contributed by atoms with E-state index in [1.165, 1.54) is 0 Å². The second-order valence-electron chi connectivity index (χ2n) is 9.20. The first-order valence-electron chi connectivity index (χ1n) is 10.8. The molecule has 4 aliphatic rings. The largest absolute Gasteiger partial charge is 0.388 e. The topological polar surface area (TPSA) is 68.2 Å². The predicted octanol–water partition coefficient (Wildman–Crippen LogP) is 4.14. The van der Waals surface area contributed by atoms with Gasteiger partial charge in [0.05, 0.1) is 18.1 Å². The second kappa shape index (κ2) is 7.21. The minimum atomic E-state index is -1.33. The number of allylic oxidation sites excluding steroid dienone is 3. The molecule has 0 aromatic carbocycles. The van der Waals surface area contributed by atoms with E-state index in [4.69, 9.17) is 14.2 Å². The molecule has 9 atom stereocenters. The summed E-state index contributed by atoms with van der Waals surface area (Å²) in [5.41, 5.74) is 1.99. The fourth-order valence-electron chi connectivity index (χ4n) is 5.67. The molecule has 4 heterocycles. The average molecular weight is 395 g/mol. The Bertz CT molecular complexity index is 662. The molecule has 0 amide bonds. The molecule has 8 unspecified atom stereocenters. The first-order valence-corrected chi connectivity index (χ1v) is 10.8. The van der Waals surface area contributed by atoms with E-state index in [1.54, 1.807) is 0 Å². The van der Waals surface area contributed by atoms with Crippen LogP contribution in [-0.2, 0) is 14.2 Å². The van der Waals surface area contributed by atoms with Crippen molar-refractivity contribution < 1.29 is 24.4 Å². The molecule has 4 saturated heterocycles. The summed E-state index contributed by atoms with van der Waals surface area (Å²) in [5.74, 6) is -4.26. The van der Waals surface area contributed by atoms with Crippen LogP contribution in [0.5, 0.6) is 0 Å². The van der Waals surface area contributed by atoms with Crippen molar-refractivity contribution >= 4 is 0 Å². The summed E-state index contributed by atoms with van der Waals surface area (Å²) in [6.07, 6.45) is 4.80. The van der Waals surface area contributed by atoms with E-state index in [0.29, 0.717) is 6.42 Å². The van der Waals surface area contributed by atoms with Gasteiger partial charge in [-0.25, -0.2) is 0 Å². The van der Waals surface area contributed by atoms with Gasteiger partial charge in [0.2, 0.25) is 0 Å². The summed E-state index contributed by atoms with van der Waals surface area (Å²) in [5, 5.41) is 22.7. The van der Waals surface area contributed by atoms with Crippen LogP contribution in [0, 0.1) is 23.7 Å². The molecule has 2 N–H and O–H groups in total. The molecule has 4 fully saturated rings. The molecule has 4 bridgehead atoms. The quantitative estimate of drug-likeness (QED) is 0.663. The molecule has 0 spiro atoms. The third-order valence-electron chi connectivity index (χ3n) is 7.59. The van der Waals surface area contributed by atoms with Gasteiger partial charge in [-0.2, -0.15) is 0 Å². The molecule has 0 saturated carbocycles. The molecule has 5 heteroatoms. The molecule has 160 valence electrons. The Balaban J connectivity index is 2.00. The maximum atomic E-state index is 11.5. The Hall–Kier alpha value is -0.720. The van der Waals surface area contributed by atoms with E-state index in [0.717, 1.165) is 17.6 Å². The van der Waals surface area contributed by atoms with Crippen LogP contribution in [0.2, 0.25) is 0 Å². The summed E-state index contributed by atoms with van der Waals surface area (Å²) < 4.78 is 19.4. The van der Waals surface area contributed by atoms with Crippen LogP contribution in [0.25, 0.3) is 0 Å². The summed E-state index contributed by atoms with van der Waals surface area (Å²) in [6.45, 7) is 16.0. The number of hydrogen-bond acceptors (Lipinski definition) is 5. The lowest BCUT2D eigenvalue weighted by atomic mass is 9.64. The zero-order valence-electron chi connectivity index (χ0n) is 18.7. The molecule has 0 aliphatic carbocycles. The number of hydrogen-bond donors (Lipinski definition) is 2. The molecule has 0 radical (unpaired) electrons. The van der Waals surface area contributed by atoms with E-state index in [1.807, 2.05) is 47.6 Å². The molecule has 4 rings (SSSR count). The summed E-state index contributed by atoms with van der Waals surface area (Å²) in [4.78, 5) is 0. The maximum absolute atomic E-state index is 11.5. The van der Waals surface area contributed by atoms with E-state index in [2.05, 4.69) is 19.9 Å². The van der Waals surface area contributed by atoms with Gasteiger partial charge in [-0.05, 0) is 32.3 Å². The highest BCUT2D eigenvalue weighted by molar-refractivity contribution is 5.24. The Morgan fingerprint density at radius 3 is 2.32 bits per heavy atom. The number of aliphatic hydroxyl groups excluding tert-OH is 1. The second-order valence-corrected chi connectivity index (χ2v) is 9.20.